The van der Waals surface area contributed by atoms with Gasteiger partial charge in [0.25, 0.3) is 0 Å². The third-order valence-corrected chi connectivity index (χ3v) is 4.46. The Balaban J connectivity index is 2.56. The van der Waals surface area contributed by atoms with Crippen molar-refractivity contribution in [2.45, 2.75) is 30.3 Å². The Hall–Kier alpha value is -1.74. The van der Waals surface area contributed by atoms with Crippen molar-refractivity contribution in [1.82, 2.24) is 5.32 Å². The molecule has 8 nitrogen and oxygen atoms in total. The summed E-state index contributed by atoms with van der Waals surface area (Å²) in [5, 5.41) is 32.6. The second-order valence-corrected chi connectivity index (χ2v) is 6.17. The van der Waals surface area contributed by atoms with E-state index in [0.29, 0.717) is 30.5 Å². The summed E-state index contributed by atoms with van der Waals surface area (Å²) in [6.07, 6.45) is 1.40. The van der Waals surface area contributed by atoms with Crippen molar-refractivity contribution >= 4 is 23.1 Å². The summed E-state index contributed by atoms with van der Waals surface area (Å²) >= 11 is 6.72. The van der Waals surface area contributed by atoms with Gasteiger partial charge in [-0.05, 0) is 37.4 Å². The Morgan fingerprint density at radius 2 is 2.08 bits per heavy atom. The highest BCUT2D eigenvalue weighted by molar-refractivity contribution is 6.27. The lowest BCUT2D eigenvalue weighted by Gasteiger charge is -2.36. The molecule has 1 aliphatic heterocycles. The fourth-order valence-electron chi connectivity index (χ4n) is 2.91. The first-order valence-electron chi connectivity index (χ1n) is 7.71. The molecule has 1 aliphatic rings. The van der Waals surface area contributed by atoms with Gasteiger partial charge in [-0.1, -0.05) is 23.7 Å². The van der Waals surface area contributed by atoms with E-state index >= 15 is 0 Å². The predicted octanol–water partition coefficient (Wildman–Crippen LogP) is 0.623. The Morgan fingerprint density at radius 3 is 2.71 bits per heavy atom. The smallest absolute Gasteiger partial charge is 0.304 e. The number of nitrogens with two attached hydrogens (primary N) is 1. The van der Waals surface area contributed by atoms with Crippen molar-refractivity contribution in [3.63, 3.8) is 0 Å². The summed E-state index contributed by atoms with van der Waals surface area (Å²) < 4.78 is 0. The van der Waals surface area contributed by atoms with E-state index in [1.807, 2.05) is 6.07 Å². The molecular weight excluding hydrogens is 336 g/mol. The topological polar surface area (TPSA) is 134 Å². The lowest BCUT2D eigenvalue weighted by atomic mass is 9.87. The Morgan fingerprint density at radius 1 is 1.38 bits per heavy atom. The van der Waals surface area contributed by atoms with Gasteiger partial charge in [-0.15, -0.1) is 0 Å². The lowest BCUT2D eigenvalue weighted by Crippen LogP contribution is -2.58. The molecule has 0 amide bonds. The number of fused-ring (bicyclic) bond motifs is 1. The standard InChI is InChI=1S/C15H21ClN4O4/c16-15(18-7-3-9-22)12-10(5-2-8-21)4-1-6-11(12)19-14(17)13(15)20(23)24/h1,4,6,13,18,21-22H,2-3,5,7-9H2,(H2,17,19). The Kier molecular flexibility index (Phi) is 6.11. The molecule has 132 valence electrons. The number of aryl methyl sites for hydroxylation is 1. The predicted molar refractivity (Wildman–Crippen MR) is 91.2 cm³/mol. The minimum absolute atomic E-state index is 0.000958. The van der Waals surface area contributed by atoms with Crippen LogP contribution in [0.15, 0.2) is 23.2 Å². The molecule has 5 N–H and O–H groups in total. The Labute approximate surface area is 144 Å². The SMILES string of the molecule is NC1=Nc2cccc(CCCO)c2C(Cl)(NCCCO)C1[N+](=O)[O-]. The molecule has 0 bridgehead atoms. The molecule has 1 aromatic rings. The number of alkyl halides is 1. The van der Waals surface area contributed by atoms with E-state index in [2.05, 4.69) is 10.3 Å². The third kappa shape index (κ3) is 3.51. The number of nitrogens with one attached hydrogen (secondary N) is 1. The van der Waals surface area contributed by atoms with E-state index in [-0.39, 0.29) is 25.6 Å². The van der Waals surface area contributed by atoms with Crippen LogP contribution in [-0.4, -0.2) is 46.8 Å². The number of rotatable bonds is 8. The van der Waals surface area contributed by atoms with E-state index in [9.17, 15) is 10.1 Å². The summed E-state index contributed by atoms with van der Waals surface area (Å²) in [4.78, 5) is 13.6. The van der Waals surface area contributed by atoms with Crippen molar-refractivity contribution in [2.75, 3.05) is 19.8 Å². The van der Waals surface area contributed by atoms with E-state index in [4.69, 9.17) is 27.5 Å². The van der Waals surface area contributed by atoms with Gasteiger partial charge in [0, 0.05) is 23.7 Å². The molecule has 2 rings (SSSR count). The highest BCUT2D eigenvalue weighted by Crippen LogP contribution is 2.43. The first-order chi connectivity index (χ1) is 11.5. The van der Waals surface area contributed by atoms with Gasteiger partial charge in [-0.25, -0.2) is 4.99 Å². The maximum atomic E-state index is 11.6. The van der Waals surface area contributed by atoms with Gasteiger partial charge in [0.1, 0.15) is 0 Å². The number of benzene rings is 1. The van der Waals surface area contributed by atoms with E-state index in [0.717, 1.165) is 5.56 Å². The lowest BCUT2D eigenvalue weighted by molar-refractivity contribution is -0.512. The zero-order valence-electron chi connectivity index (χ0n) is 13.1. The van der Waals surface area contributed by atoms with Crippen LogP contribution in [0.25, 0.3) is 0 Å². The molecule has 0 spiro atoms. The fraction of sp³-hybridized carbons (Fsp3) is 0.533. The van der Waals surface area contributed by atoms with Gasteiger partial charge in [-0.2, -0.15) is 0 Å². The van der Waals surface area contributed by atoms with Crippen LogP contribution in [0, 0.1) is 10.1 Å². The monoisotopic (exact) mass is 356 g/mol. The number of aliphatic imine (C=N–C) groups is 1. The van der Waals surface area contributed by atoms with Crippen molar-refractivity contribution in [3.8, 4) is 0 Å². The number of hydrogen-bond acceptors (Lipinski definition) is 7. The van der Waals surface area contributed by atoms with E-state index in [1.165, 1.54) is 0 Å². The second-order valence-electron chi connectivity index (χ2n) is 5.58. The highest BCUT2D eigenvalue weighted by Gasteiger charge is 2.53. The molecule has 1 heterocycles. The first kappa shape index (κ1) is 18.6. The molecule has 9 heteroatoms. The van der Waals surface area contributed by atoms with Gasteiger partial charge >= 0.3 is 6.04 Å². The van der Waals surface area contributed by atoms with Gasteiger partial charge in [-0.3, -0.25) is 15.4 Å². The maximum absolute atomic E-state index is 11.6. The summed E-state index contributed by atoms with van der Waals surface area (Å²) in [6.45, 7) is 0.220. The van der Waals surface area contributed by atoms with Crippen molar-refractivity contribution in [1.29, 1.82) is 0 Å². The minimum Gasteiger partial charge on any atom is -0.396 e. The largest absolute Gasteiger partial charge is 0.396 e. The van der Waals surface area contributed by atoms with Crippen LogP contribution in [0.2, 0.25) is 0 Å². The fourth-order valence-corrected chi connectivity index (χ4v) is 3.41. The zero-order valence-corrected chi connectivity index (χ0v) is 13.9. The molecule has 2 unspecified atom stereocenters. The molecule has 24 heavy (non-hydrogen) atoms. The molecule has 0 saturated carbocycles. The summed E-state index contributed by atoms with van der Waals surface area (Å²) in [5.74, 6) is -0.168. The highest BCUT2D eigenvalue weighted by atomic mass is 35.5. The number of aliphatic hydroxyl groups is 2. The molecule has 1 aromatic carbocycles. The van der Waals surface area contributed by atoms with Gasteiger partial charge in [0.15, 0.2) is 10.8 Å². The quantitative estimate of drug-likeness (QED) is 0.177. The number of aliphatic hydroxyl groups excluding tert-OH is 2. The van der Waals surface area contributed by atoms with Crippen LogP contribution in [0.3, 0.4) is 0 Å². The molecule has 0 aromatic heterocycles. The van der Waals surface area contributed by atoms with Crippen LogP contribution < -0.4 is 11.1 Å². The van der Waals surface area contributed by atoms with Crippen molar-refractivity contribution < 1.29 is 15.1 Å². The van der Waals surface area contributed by atoms with Gasteiger partial charge in [0.05, 0.1) is 5.69 Å². The Bertz CT molecular complexity index is 640. The van der Waals surface area contributed by atoms with Crippen LogP contribution in [0.4, 0.5) is 5.69 Å². The van der Waals surface area contributed by atoms with Crippen LogP contribution >= 0.6 is 11.6 Å². The summed E-state index contributed by atoms with van der Waals surface area (Å²) in [7, 11) is 0. The van der Waals surface area contributed by atoms with Crippen molar-refractivity contribution in [3.05, 3.63) is 39.4 Å². The summed E-state index contributed by atoms with van der Waals surface area (Å²) in [5.41, 5.74) is 7.58. The number of nitro groups is 1. The average Bonchev–Trinajstić information content (AvgIpc) is 2.52. The number of amidine groups is 1. The molecule has 0 fully saturated rings. The zero-order chi connectivity index (χ0) is 17.7. The van der Waals surface area contributed by atoms with Gasteiger partial charge in [0.2, 0.25) is 0 Å². The van der Waals surface area contributed by atoms with E-state index < -0.39 is 16.0 Å². The van der Waals surface area contributed by atoms with Gasteiger partial charge < -0.3 is 15.9 Å². The molecule has 2 atom stereocenters. The molecule has 0 saturated heterocycles. The van der Waals surface area contributed by atoms with Crippen LogP contribution in [-0.2, 0) is 11.4 Å². The number of halogens is 1. The van der Waals surface area contributed by atoms with E-state index in [1.54, 1.807) is 12.1 Å². The minimum atomic E-state index is -1.56. The number of hydrogen-bond donors (Lipinski definition) is 4. The molecule has 0 radical (unpaired) electrons. The van der Waals surface area contributed by atoms with Crippen molar-refractivity contribution in [2.24, 2.45) is 10.7 Å². The maximum Gasteiger partial charge on any atom is 0.304 e. The second kappa shape index (κ2) is 7.89. The third-order valence-electron chi connectivity index (χ3n) is 3.93. The van der Waals surface area contributed by atoms with Crippen LogP contribution in [0.1, 0.15) is 24.0 Å². The first-order valence-corrected chi connectivity index (χ1v) is 8.09. The average molecular weight is 357 g/mol. The van der Waals surface area contributed by atoms with Crippen LogP contribution in [0.5, 0.6) is 0 Å². The number of nitrogens with zero attached hydrogens (tertiary/aromatic N) is 2. The molecule has 0 aliphatic carbocycles. The summed E-state index contributed by atoms with van der Waals surface area (Å²) in [6, 6.07) is 3.86. The normalized spacial score (nSPS) is 22.8. The molecular formula is C15H21ClN4O4.